The number of aromatic nitrogens is 1. The van der Waals surface area contributed by atoms with Gasteiger partial charge in [-0.2, -0.15) is 43.2 Å². The minimum Gasteiger partial charge on any atom is -0.376 e. The van der Waals surface area contributed by atoms with E-state index in [1.54, 1.807) is 0 Å². The van der Waals surface area contributed by atoms with Gasteiger partial charge in [0.25, 0.3) is 0 Å². The van der Waals surface area contributed by atoms with Crippen LogP contribution >= 0.6 is 0 Å². The van der Waals surface area contributed by atoms with Crippen molar-refractivity contribution < 1.29 is 51.3 Å². The molecule has 0 radical (unpaired) electrons. The van der Waals surface area contributed by atoms with Crippen molar-refractivity contribution in [2.45, 2.75) is 11.0 Å². The molecule has 0 aliphatic carbocycles. The Morgan fingerprint density at radius 2 is 1.29 bits per heavy atom. The van der Waals surface area contributed by atoms with Crippen molar-refractivity contribution >= 4 is 20.1 Å². The Morgan fingerprint density at radius 3 is 1.62 bits per heavy atom. The first-order valence-corrected chi connectivity index (χ1v) is 7.37. The Labute approximate surface area is 113 Å². The summed E-state index contributed by atoms with van der Waals surface area (Å²) in [6.45, 7) is 0. The highest BCUT2D eigenvalue weighted by atomic mass is 32.2. The summed E-state index contributed by atoms with van der Waals surface area (Å²) in [5.41, 5.74) is -11.4. The SMILES string of the molecule is O=S(=O)(Oc1cc[n+](S(=O)(=O)C(F)(F)F)cc1)C(F)(F)F. The fourth-order valence-electron chi connectivity index (χ4n) is 0.908. The van der Waals surface area contributed by atoms with E-state index in [0.717, 1.165) is 0 Å². The van der Waals surface area contributed by atoms with Crippen molar-refractivity contribution in [2.75, 3.05) is 0 Å². The van der Waals surface area contributed by atoms with Crippen molar-refractivity contribution in [1.29, 1.82) is 0 Å². The first kappa shape index (κ1) is 17.5. The second-order valence-corrected chi connectivity index (χ2v) is 6.67. The van der Waals surface area contributed by atoms with Crippen LogP contribution in [-0.4, -0.2) is 27.9 Å². The summed E-state index contributed by atoms with van der Waals surface area (Å²) < 4.78 is 119. The van der Waals surface area contributed by atoms with Gasteiger partial charge in [-0.15, -0.1) is 0 Å². The molecular formula is C7H4F6NO5S2+. The Balaban J connectivity index is 3.12. The first-order chi connectivity index (χ1) is 9.18. The molecule has 6 nitrogen and oxygen atoms in total. The average Bonchev–Trinajstić information content (AvgIpc) is 2.26. The zero-order valence-electron chi connectivity index (χ0n) is 9.38. The predicted octanol–water partition coefficient (Wildman–Crippen LogP) is 0.900. The van der Waals surface area contributed by atoms with Crippen LogP contribution in [0.1, 0.15) is 0 Å². The van der Waals surface area contributed by atoms with Gasteiger partial charge in [-0.05, 0) is 0 Å². The molecule has 0 spiro atoms. The molecule has 21 heavy (non-hydrogen) atoms. The summed E-state index contributed by atoms with van der Waals surface area (Å²) in [5, 5.41) is 0. The molecule has 0 fully saturated rings. The average molecular weight is 360 g/mol. The molecule has 1 aromatic rings. The summed E-state index contributed by atoms with van der Waals surface area (Å²) in [7, 11) is -11.8. The van der Waals surface area contributed by atoms with Crippen molar-refractivity contribution in [3.63, 3.8) is 0 Å². The fraction of sp³-hybridized carbons (Fsp3) is 0.286. The molecule has 1 rings (SSSR count). The second-order valence-electron chi connectivity index (χ2n) is 3.30. The molecule has 0 atom stereocenters. The molecule has 0 aliphatic heterocycles. The lowest BCUT2D eigenvalue weighted by Gasteiger charge is -2.08. The van der Waals surface area contributed by atoms with Crippen LogP contribution in [0.5, 0.6) is 5.75 Å². The zero-order chi connectivity index (χ0) is 16.7. The lowest BCUT2D eigenvalue weighted by molar-refractivity contribution is -0.518. The molecule has 0 bridgehead atoms. The smallest absolute Gasteiger partial charge is 0.376 e. The molecule has 0 aromatic carbocycles. The number of rotatable bonds is 3. The number of halogens is 6. The van der Waals surface area contributed by atoms with Gasteiger partial charge < -0.3 is 4.18 Å². The molecule has 120 valence electrons. The molecule has 0 aliphatic rings. The van der Waals surface area contributed by atoms with E-state index in [4.69, 9.17) is 0 Å². The van der Waals surface area contributed by atoms with E-state index in [9.17, 15) is 43.2 Å². The zero-order valence-corrected chi connectivity index (χ0v) is 11.0. The van der Waals surface area contributed by atoms with Gasteiger partial charge in [0.15, 0.2) is 18.1 Å². The standard InChI is InChI=1S/C7H4F6NO5S2/c8-6(9,10)20(15,16)14-3-1-5(2-4-14)19-21(17,18)7(11,12)13/h1-4H/q+1. The molecule has 0 N–H and O–H groups in total. The highest BCUT2D eigenvalue weighted by molar-refractivity contribution is 7.88. The van der Waals surface area contributed by atoms with Gasteiger partial charge in [0.1, 0.15) is 0 Å². The van der Waals surface area contributed by atoms with Crippen molar-refractivity contribution in [1.82, 2.24) is 0 Å². The summed E-state index contributed by atoms with van der Waals surface area (Å²) in [6.07, 6.45) is 0.369. The Hall–Kier alpha value is -1.57. The predicted molar refractivity (Wildman–Crippen MR) is 52.6 cm³/mol. The van der Waals surface area contributed by atoms with Crippen molar-refractivity contribution in [3.8, 4) is 5.75 Å². The lowest BCUT2D eigenvalue weighted by atomic mass is 10.5. The van der Waals surface area contributed by atoms with Crippen LogP contribution in [0, 0.1) is 0 Å². The Bertz CT molecular complexity index is 718. The highest BCUT2D eigenvalue weighted by Crippen LogP contribution is 2.26. The van der Waals surface area contributed by atoms with Gasteiger partial charge in [0.2, 0.25) is 0 Å². The third kappa shape index (κ3) is 3.55. The molecule has 0 unspecified atom stereocenters. The molecule has 1 aromatic heterocycles. The maximum atomic E-state index is 12.2. The quantitative estimate of drug-likeness (QED) is 0.346. The van der Waals surface area contributed by atoms with Crippen LogP contribution in [0.2, 0.25) is 0 Å². The molecule has 0 amide bonds. The Kier molecular flexibility index (Phi) is 4.17. The number of hydrogen-bond donors (Lipinski definition) is 0. The van der Waals surface area contributed by atoms with E-state index in [0.29, 0.717) is 12.1 Å². The number of hydrogen-bond acceptors (Lipinski definition) is 5. The number of alkyl halides is 6. The van der Waals surface area contributed by atoms with Crippen molar-refractivity contribution in [3.05, 3.63) is 24.5 Å². The van der Waals surface area contributed by atoms with Gasteiger partial charge >= 0.3 is 31.2 Å². The molecule has 1 heterocycles. The van der Waals surface area contributed by atoms with Crippen LogP contribution in [0.3, 0.4) is 0 Å². The number of nitrogens with zero attached hydrogens (tertiary/aromatic N) is 1. The fourth-order valence-corrected chi connectivity index (χ4v) is 2.05. The van der Waals surface area contributed by atoms with Gasteiger partial charge in [0, 0.05) is 12.1 Å². The first-order valence-electron chi connectivity index (χ1n) is 4.52. The second kappa shape index (κ2) is 5.01. The monoisotopic (exact) mass is 360 g/mol. The van der Waals surface area contributed by atoms with Gasteiger partial charge in [0.05, 0.1) is 0 Å². The van der Waals surface area contributed by atoms with E-state index < -0.39 is 36.9 Å². The van der Waals surface area contributed by atoms with E-state index in [1.165, 1.54) is 0 Å². The van der Waals surface area contributed by atoms with Crippen LogP contribution in [0.25, 0.3) is 0 Å². The Morgan fingerprint density at radius 1 is 0.857 bits per heavy atom. The summed E-state index contributed by atoms with van der Waals surface area (Å²) in [5.74, 6) is -1.01. The summed E-state index contributed by atoms with van der Waals surface area (Å²) in [6, 6.07) is 0.624. The maximum Gasteiger partial charge on any atom is 0.560 e. The molecule has 14 heteroatoms. The van der Waals surface area contributed by atoms with Crippen LogP contribution in [0.15, 0.2) is 24.5 Å². The van der Waals surface area contributed by atoms with Crippen LogP contribution in [-0.2, 0) is 20.1 Å². The normalized spacial score (nSPS) is 14.0. The van der Waals surface area contributed by atoms with Gasteiger partial charge in [-0.3, -0.25) is 0 Å². The molecular weight excluding hydrogens is 356 g/mol. The minimum atomic E-state index is -6.01. The third-order valence-electron chi connectivity index (χ3n) is 1.83. The van der Waals surface area contributed by atoms with Crippen molar-refractivity contribution in [2.24, 2.45) is 0 Å². The van der Waals surface area contributed by atoms with Crippen LogP contribution < -0.4 is 8.16 Å². The lowest BCUT2D eigenvalue weighted by Crippen LogP contribution is -2.50. The van der Waals surface area contributed by atoms with Gasteiger partial charge in [-0.25, -0.2) is 0 Å². The molecule has 0 saturated heterocycles. The maximum absolute atomic E-state index is 12.2. The topological polar surface area (TPSA) is 81.4 Å². The third-order valence-corrected chi connectivity index (χ3v) is 4.19. The van der Waals surface area contributed by atoms with E-state index in [1.807, 2.05) is 0 Å². The van der Waals surface area contributed by atoms with E-state index >= 15 is 0 Å². The van der Waals surface area contributed by atoms with E-state index in [2.05, 4.69) is 4.18 Å². The summed E-state index contributed by atoms with van der Waals surface area (Å²) in [4.78, 5) is 0. The highest BCUT2D eigenvalue weighted by Gasteiger charge is 2.54. The largest absolute Gasteiger partial charge is 0.560 e. The van der Waals surface area contributed by atoms with E-state index in [-0.39, 0.29) is 16.4 Å². The number of pyridine rings is 1. The summed E-state index contributed by atoms with van der Waals surface area (Å²) >= 11 is 0. The van der Waals surface area contributed by atoms with Crippen LogP contribution in [0.4, 0.5) is 26.3 Å². The molecule has 0 saturated carbocycles. The van der Waals surface area contributed by atoms with Gasteiger partial charge in [-0.1, -0.05) is 3.97 Å². The minimum absolute atomic E-state index is 0.185.